The van der Waals surface area contributed by atoms with E-state index in [-0.39, 0.29) is 36.4 Å². The molecule has 0 spiro atoms. The summed E-state index contributed by atoms with van der Waals surface area (Å²) in [4.78, 5) is 56.4. The molecular formula is C29H36N4O5. The lowest BCUT2D eigenvalue weighted by molar-refractivity contribution is -0.157. The lowest BCUT2D eigenvalue weighted by atomic mass is 9.89. The van der Waals surface area contributed by atoms with Gasteiger partial charge in [-0.25, -0.2) is 5.43 Å². The molecule has 1 fully saturated rings. The summed E-state index contributed by atoms with van der Waals surface area (Å²) in [6.07, 6.45) is 6.27. The third kappa shape index (κ3) is 6.45. The Labute approximate surface area is 223 Å². The van der Waals surface area contributed by atoms with Gasteiger partial charge < -0.3 is 10.1 Å². The Morgan fingerprint density at radius 2 is 1.89 bits per heavy atom. The molecule has 0 aliphatic carbocycles. The highest BCUT2D eigenvalue weighted by Crippen LogP contribution is 2.24. The van der Waals surface area contributed by atoms with Gasteiger partial charge in [-0.15, -0.1) is 0 Å². The van der Waals surface area contributed by atoms with Crippen molar-refractivity contribution in [2.24, 2.45) is 11.8 Å². The molecule has 202 valence electrons. The zero-order chi connectivity index (χ0) is 27.4. The second-order valence-corrected chi connectivity index (χ2v) is 10.5. The number of amides is 2. The van der Waals surface area contributed by atoms with Gasteiger partial charge in [-0.1, -0.05) is 32.1 Å². The molecule has 5 bridgehead atoms. The molecule has 9 heteroatoms. The SMILES string of the molecule is CC(C)[C@@H]1CC(=O)C/C=C/c2ccc3ncc(cc3c2)[C@@H](C)OC(=O)[C@@H]2CCCN(N2)C(=O)[C@H](C)NC1=O. The summed E-state index contributed by atoms with van der Waals surface area (Å²) in [5.74, 6) is -1.81. The summed E-state index contributed by atoms with van der Waals surface area (Å²) < 4.78 is 5.75. The van der Waals surface area contributed by atoms with Gasteiger partial charge in [0.05, 0.1) is 5.52 Å². The number of esters is 1. The van der Waals surface area contributed by atoms with Crippen LogP contribution < -0.4 is 10.7 Å². The van der Waals surface area contributed by atoms with E-state index in [2.05, 4.69) is 15.7 Å². The van der Waals surface area contributed by atoms with Gasteiger partial charge in [-0.05, 0) is 56.4 Å². The number of nitrogens with one attached hydrogen (secondary N) is 2. The van der Waals surface area contributed by atoms with E-state index >= 15 is 0 Å². The van der Waals surface area contributed by atoms with Crippen LogP contribution in [0.4, 0.5) is 0 Å². The zero-order valence-corrected chi connectivity index (χ0v) is 22.4. The number of hydrogen-bond donors (Lipinski definition) is 2. The van der Waals surface area contributed by atoms with Crippen LogP contribution in [0.15, 0.2) is 36.5 Å². The monoisotopic (exact) mass is 520 g/mol. The number of ketones is 1. The third-order valence-corrected chi connectivity index (χ3v) is 7.20. The normalized spacial score (nSPS) is 26.8. The third-order valence-electron chi connectivity index (χ3n) is 7.20. The second kappa shape index (κ2) is 11.9. The Morgan fingerprint density at radius 1 is 1.11 bits per heavy atom. The quantitative estimate of drug-likeness (QED) is 0.553. The predicted molar refractivity (Wildman–Crippen MR) is 143 cm³/mol. The van der Waals surface area contributed by atoms with E-state index in [1.165, 1.54) is 5.01 Å². The molecule has 9 nitrogen and oxygen atoms in total. The van der Waals surface area contributed by atoms with Crippen molar-refractivity contribution in [3.63, 3.8) is 0 Å². The highest BCUT2D eigenvalue weighted by atomic mass is 16.5. The van der Waals surface area contributed by atoms with Crippen LogP contribution in [0.5, 0.6) is 0 Å². The number of rotatable bonds is 1. The molecular weight excluding hydrogens is 484 g/mol. The van der Waals surface area contributed by atoms with Crippen molar-refractivity contribution in [2.75, 3.05) is 6.54 Å². The molecule has 4 rings (SSSR count). The van der Waals surface area contributed by atoms with Gasteiger partial charge in [0.15, 0.2) is 0 Å². The minimum atomic E-state index is -0.821. The standard InChI is InChI=1S/C29H36N4O5/c1-17(2)24-15-23(34)8-5-7-20-10-11-25-21(13-20)14-22(16-30-25)19(4)38-29(37)26-9-6-12-33(32-26)28(36)18(3)31-27(24)35/h5,7,10-11,13-14,16-19,24,26,32H,6,8-9,12,15H2,1-4H3,(H,31,35)/b7-5+/t18-,19+,24-,26-/m0/s1. The van der Waals surface area contributed by atoms with E-state index in [0.29, 0.717) is 19.4 Å². The van der Waals surface area contributed by atoms with E-state index in [1.54, 1.807) is 26.1 Å². The maximum Gasteiger partial charge on any atom is 0.325 e. The number of carbonyl (C=O) groups is 4. The van der Waals surface area contributed by atoms with Crippen LogP contribution in [0.2, 0.25) is 0 Å². The highest BCUT2D eigenvalue weighted by molar-refractivity contribution is 5.91. The Hall–Kier alpha value is -3.59. The van der Waals surface area contributed by atoms with Crippen molar-refractivity contribution < 1.29 is 23.9 Å². The number of pyridine rings is 1. The van der Waals surface area contributed by atoms with Crippen LogP contribution in [-0.4, -0.2) is 52.2 Å². The number of aromatic nitrogens is 1. The smallest absolute Gasteiger partial charge is 0.325 e. The van der Waals surface area contributed by atoms with Crippen molar-refractivity contribution in [3.05, 3.63) is 47.7 Å². The van der Waals surface area contributed by atoms with E-state index in [0.717, 1.165) is 22.0 Å². The van der Waals surface area contributed by atoms with Crippen LogP contribution in [0.3, 0.4) is 0 Å². The highest BCUT2D eigenvalue weighted by Gasteiger charge is 2.33. The molecule has 0 saturated carbocycles. The molecule has 2 aromatic rings. The Bertz CT molecular complexity index is 1260. The van der Waals surface area contributed by atoms with E-state index < -0.39 is 30.1 Å². The number of hydrogen-bond acceptors (Lipinski definition) is 7. The fraction of sp³-hybridized carbons (Fsp3) is 0.483. The minimum Gasteiger partial charge on any atom is -0.457 e. The van der Waals surface area contributed by atoms with Crippen LogP contribution in [0.25, 0.3) is 17.0 Å². The van der Waals surface area contributed by atoms with Gasteiger partial charge in [0.1, 0.15) is 24.0 Å². The summed E-state index contributed by atoms with van der Waals surface area (Å²) in [6, 6.07) is 6.25. The van der Waals surface area contributed by atoms with Gasteiger partial charge in [0.25, 0.3) is 5.91 Å². The van der Waals surface area contributed by atoms with Gasteiger partial charge in [-0.2, -0.15) is 0 Å². The number of cyclic esters (lactones) is 1. The molecule has 2 aliphatic heterocycles. The first-order valence-electron chi connectivity index (χ1n) is 13.3. The molecule has 1 saturated heterocycles. The average molecular weight is 521 g/mol. The van der Waals surface area contributed by atoms with Gasteiger partial charge in [0, 0.05) is 42.5 Å². The lowest BCUT2D eigenvalue weighted by Crippen LogP contribution is -2.59. The predicted octanol–water partition coefficient (Wildman–Crippen LogP) is 3.49. The van der Waals surface area contributed by atoms with E-state index in [9.17, 15) is 19.2 Å². The Balaban J connectivity index is 1.64. The van der Waals surface area contributed by atoms with Gasteiger partial charge >= 0.3 is 5.97 Å². The number of allylic oxidation sites excluding steroid dienone is 1. The first-order valence-corrected chi connectivity index (χ1v) is 13.3. The molecule has 4 atom stereocenters. The molecule has 0 unspecified atom stereocenters. The molecule has 0 radical (unpaired) electrons. The van der Waals surface area contributed by atoms with E-state index in [1.807, 2.05) is 44.2 Å². The Kier molecular flexibility index (Phi) is 8.56. The largest absolute Gasteiger partial charge is 0.457 e. The molecule has 1 aromatic carbocycles. The average Bonchev–Trinajstić information content (AvgIpc) is 2.90. The summed E-state index contributed by atoms with van der Waals surface area (Å²) in [7, 11) is 0. The second-order valence-electron chi connectivity index (χ2n) is 10.5. The minimum absolute atomic E-state index is 0.0465. The Morgan fingerprint density at radius 3 is 2.66 bits per heavy atom. The number of carbonyl (C=O) groups excluding carboxylic acids is 4. The van der Waals surface area contributed by atoms with Crippen molar-refractivity contribution >= 4 is 40.5 Å². The van der Waals surface area contributed by atoms with Crippen LogP contribution in [0.1, 0.15) is 70.6 Å². The van der Waals surface area contributed by atoms with Crippen molar-refractivity contribution in [1.29, 1.82) is 0 Å². The topological polar surface area (TPSA) is 118 Å². The van der Waals surface area contributed by atoms with Crippen LogP contribution in [0, 0.1) is 11.8 Å². The summed E-state index contributed by atoms with van der Waals surface area (Å²) in [5.41, 5.74) is 5.46. The zero-order valence-electron chi connectivity index (χ0n) is 22.4. The first-order chi connectivity index (χ1) is 18.1. The van der Waals surface area contributed by atoms with E-state index in [4.69, 9.17) is 4.74 Å². The molecule has 2 amide bonds. The number of fused-ring (bicyclic) bond motifs is 4. The van der Waals surface area contributed by atoms with Gasteiger partial charge in [-0.3, -0.25) is 29.2 Å². The van der Waals surface area contributed by atoms with Crippen LogP contribution in [-0.2, 0) is 23.9 Å². The first kappa shape index (κ1) is 27.4. The maximum atomic E-state index is 13.1. The van der Waals surface area contributed by atoms with Crippen molar-refractivity contribution in [1.82, 2.24) is 20.7 Å². The molecule has 38 heavy (non-hydrogen) atoms. The summed E-state index contributed by atoms with van der Waals surface area (Å²) in [5, 5.41) is 5.05. The number of benzene rings is 1. The summed E-state index contributed by atoms with van der Waals surface area (Å²) >= 11 is 0. The fourth-order valence-electron chi connectivity index (χ4n) is 4.83. The number of Topliss-reactive ketones (excluding diaryl/α,β-unsaturated/α-hetero) is 1. The molecule has 2 N–H and O–H groups in total. The maximum absolute atomic E-state index is 13.1. The summed E-state index contributed by atoms with van der Waals surface area (Å²) in [6.45, 7) is 7.60. The van der Waals surface area contributed by atoms with Crippen molar-refractivity contribution in [2.45, 2.75) is 71.6 Å². The number of nitrogens with zero attached hydrogens (tertiary/aromatic N) is 2. The number of hydrazine groups is 1. The molecule has 2 aliphatic rings. The van der Waals surface area contributed by atoms with Crippen molar-refractivity contribution in [3.8, 4) is 0 Å². The fourth-order valence-corrected chi connectivity index (χ4v) is 4.83. The van der Waals surface area contributed by atoms with Gasteiger partial charge in [0.2, 0.25) is 5.91 Å². The number of ether oxygens (including phenoxy) is 1. The van der Waals surface area contributed by atoms with Crippen LogP contribution >= 0.6 is 0 Å². The lowest BCUT2D eigenvalue weighted by Gasteiger charge is -2.35. The molecule has 3 heterocycles. The molecule has 1 aromatic heterocycles.